The smallest absolute Gasteiger partial charge is 0.270 e. The minimum atomic E-state index is -0.564. The van der Waals surface area contributed by atoms with E-state index in [1.807, 2.05) is 0 Å². The lowest BCUT2D eigenvalue weighted by Crippen LogP contribution is -2.54. The molecule has 2 heterocycles. The third-order valence-electron chi connectivity index (χ3n) is 3.14. The molecule has 0 saturated carbocycles. The zero-order chi connectivity index (χ0) is 17.4. The predicted molar refractivity (Wildman–Crippen MR) is 102 cm³/mol. The molecule has 4 nitrogen and oxygen atoms in total. The molecule has 1 aliphatic rings. The molecular weight excluding hydrogens is 411 g/mol. The highest BCUT2D eigenvalue weighted by Crippen LogP contribution is 2.30. The maximum Gasteiger partial charge on any atom is 0.270 e. The average molecular weight is 418 g/mol. The van der Waals surface area contributed by atoms with Gasteiger partial charge in [-0.05, 0) is 48.6 Å². The van der Waals surface area contributed by atoms with Gasteiger partial charge >= 0.3 is 0 Å². The summed E-state index contributed by atoms with van der Waals surface area (Å²) >= 11 is 24.1. The molecule has 9 heteroatoms. The lowest BCUT2D eigenvalue weighted by Gasteiger charge is -2.29. The monoisotopic (exact) mass is 416 g/mol. The van der Waals surface area contributed by atoms with Gasteiger partial charge in [-0.2, -0.15) is 0 Å². The van der Waals surface area contributed by atoms with Gasteiger partial charge in [-0.1, -0.05) is 34.8 Å². The Labute approximate surface area is 161 Å². The number of halogens is 3. The number of carbonyl (C=O) groups is 2. The summed E-state index contributed by atoms with van der Waals surface area (Å²) in [5.41, 5.74) is 0.364. The van der Waals surface area contributed by atoms with Crippen LogP contribution in [0.25, 0.3) is 6.08 Å². The van der Waals surface area contributed by atoms with Crippen molar-refractivity contribution in [3.05, 3.63) is 55.2 Å². The highest BCUT2D eigenvalue weighted by atomic mass is 35.5. The summed E-state index contributed by atoms with van der Waals surface area (Å²) in [5, 5.41) is 3.10. The number of rotatable bonds is 2. The normalized spacial score (nSPS) is 16.7. The van der Waals surface area contributed by atoms with Crippen LogP contribution in [0.2, 0.25) is 14.4 Å². The molecule has 1 fully saturated rings. The van der Waals surface area contributed by atoms with Crippen molar-refractivity contribution in [3.8, 4) is 0 Å². The number of benzene rings is 1. The molecule has 1 aromatic heterocycles. The Balaban J connectivity index is 2.02. The van der Waals surface area contributed by atoms with Crippen LogP contribution in [0.4, 0.5) is 5.69 Å². The van der Waals surface area contributed by atoms with Crippen LogP contribution >= 0.6 is 58.4 Å². The Morgan fingerprint density at radius 1 is 1.08 bits per heavy atom. The third-order valence-corrected chi connectivity index (χ3v) is 5.35. The number of carbonyl (C=O) groups excluding carboxylic acids is 2. The Kier molecular flexibility index (Phi) is 4.94. The van der Waals surface area contributed by atoms with E-state index in [0.717, 1.165) is 0 Å². The van der Waals surface area contributed by atoms with Gasteiger partial charge in [0.2, 0.25) is 0 Å². The molecule has 1 aliphatic heterocycles. The Morgan fingerprint density at radius 3 is 2.46 bits per heavy atom. The zero-order valence-corrected chi connectivity index (χ0v) is 15.6. The fourth-order valence-electron chi connectivity index (χ4n) is 2.06. The number of nitrogens with one attached hydrogen (secondary N) is 1. The molecule has 2 amide bonds. The van der Waals surface area contributed by atoms with Crippen LogP contribution < -0.4 is 10.2 Å². The van der Waals surface area contributed by atoms with Crippen LogP contribution in [0, 0.1) is 0 Å². The van der Waals surface area contributed by atoms with Crippen LogP contribution in [0.5, 0.6) is 0 Å². The van der Waals surface area contributed by atoms with Crippen molar-refractivity contribution >= 4 is 87.0 Å². The van der Waals surface area contributed by atoms with Crippen molar-refractivity contribution in [2.24, 2.45) is 0 Å². The van der Waals surface area contributed by atoms with E-state index in [0.29, 0.717) is 19.9 Å². The highest BCUT2D eigenvalue weighted by molar-refractivity contribution is 7.80. The van der Waals surface area contributed by atoms with Crippen LogP contribution in [0.3, 0.4) is 0 Å². The first-order chi connectivity index (χ1) is 11.4. The number of amides is 2. The maximum absolute atomic E-state index is 12.8. The topological polar surface area (TPSA) is 49.4 Å². The molecule has 3 rings (SSSR count). The standard InChI is InChI=1S/C15H7Cl3N2O2S2/c16-10-3-1-7(5-11(10)17)20-14(22)9(13(21)19-15(20)23)6-8-2-4-12(18)24-8/h1-6H,(H,19,21,23)/b9-6+. The SMILES string of the molecule is O=C1NC(=S)N(c2ccc(Cl)c(Cl)c2)C(=O)/C1=C/c1ccc(Cl)s1. The predicted octanol–water partition coefficient (Wildman–Crippen LogP) is 4.54. The van der Waals surface area contributed by atoms with E-state index in [4.69, 9.17) is 47.0 Å². The van der Waals surface area contributed by atoms with Crippen molar-refractivity contribution < 1.29 is 9.59 Å². The lowest BCUT2D eigenvalue weighted by atomic mass is 10.1. The molecule has 0 spiro atoms. The van der Waals surface area contributed by atoms with Gasteiger partial charge < -0.3 is 0 Å². The largest absolute Gasteiger partial charge is 0.298 e. The van der Waals surface area contributed by atoms with Crippen LogP contribution in [0.15, 0.2) is 35.9 Å². The lowest BCUT2D eigenvalue weighted by molar-refractivity contribution is -0.122. The van der Waals surface area contributed by atoms with Gasteiger partial charge in [-0.15, -0.1) is 11.3 Å². The molecule has 0 unspecified atom stereocenters. The van der Waals surface area contributed by atoms with Gasteiger partial charge in [0.1, 0.15) is 5.57 Å². The van der Waals surface area contributed by atoms with Crippen molar-refractivity contribution in [1.82, 2.24) is 5.32 Å². The number of thiocarbonyl (C=S) groups is 1. The van der Waals surface area contributed by atoms with E-state index in [9.17, 15) is 9.59 Å². The summed E-state index contributed by atoms with van der Waals surface area (Å²) in [5.74, 6) is -1.11. The Morgan fingerprint density at radius 2 is 1.83 bits per heavy atom. The molecule has 1 N–H and O–H groups in total. The van der Waals surface area contributed by atoms with E-state index in [2.05, 4.69) is 5.32 Å². The van der Waals surface area contributed by atoms with Gasteiger partial charge in [0.05, 0.1) is 20.1 Å². The van der Waals surface area contributed by atoms with Crippen molar-refractivity contribution in [1.29, 1.82) is 0 Å². The van der Waals surface area contributed by atoms with E-state index < -0.39 is 11.8 Å². The molecule has 122 valence electrons. The Bertz CT molecular complexity index is 908. The summed E-state index contributed by atoms with van der Waals surface area (Å²) in [7, 11) is 0. The molecule has 0 radical (unpaired) electrons. The second-order valence-electron chi connectivity index (χ2n) is 4.70. The first-order valence-corrected chi connectivity index (χ1v) is 8.84. The first-order valence-electron chi connectivity index (χ1n) is 6.48. The van der Waals surface area contributed by atoms with Gasteiger partial charge in [0, 0.05) is 4.88 Å². The summed E-state index contributed by atoms with van der Waals surface area (Å²) in [4.78, 5) is 26.8. The first kappa shape index (κ1) is 17.4. The van der Waals surface area contributed by atoms with E-state index >= 15 is 0 Å². The fourth-order valence-corrected chi connectivity index (χ4v) is 3.64. The highest BCUT2D eigenvalue weighted by Gasteiger charge is 2.34. The quantitative estimate of drug-likeness (QED) is 0.443. The maximum atomic E-state index is 12.8. The number of hydrogen-bond acceptors (Lipinski definition) is 4. The molecular formula is C15H7Cl3N2O2S2. The second-order valence-corrected chi connectivity index (χ2v) is 7.65. The van der Waals surface area contributed by atoms with Crippen molar-refractivity contribution in [3.63, 3.8) is 0 Å². The van der Waals surface area contributed by atoms with Gasteiger partial charge in [0.25, 0.3) is 11.8 Å². The molecule has 0 atom stereocenters. The van der Waals surface area contributed by atoms with Gasteiger partial charge in [-0.3, -0.25) is 19.8 Å². The van der Waals surface area contributed by atoms with Crippen LogP contribution in [-0.4, -0.2) is 16.9 Å². The molecule has 1 aromatic carbocycles. The van der Waals surface area contributed by atoms with E-state index in [-0.39, 0.29) is 15.7 Å². The molecule has 0 aliphatic carbocycles. The van der Waals surface area contributed by atoms with Crippen LogP contribution in [-0.2, 0) is 9.59 Å². The van der Waals surface area contributed by atoms with Gasteiger partial charge in [0.15, 0.2) is 5.11 Å². The third kappa shape index (κ3) is 3.34. The summed E-state index contributed by atoms with van der Waals surface area (Å²) in [6.45, 7) is 0. The van der Waals surface area contributed by atoms with Crippen molar-refractivity contribution in [2.75, 3.05) is 4.90 Å². The number of thiophene rings is 1. The van der Waals surface area contributed by atoms with Crippen LogP contribution in [0.1, 0.15) is 4.88 Å². The molecule has 1 saturated heterocycles. The number of hydrogen-bond donors (Lipinski definition) is 1. The Hall–Kier alpha value is -1.44. The van der Waals surface area contributed by atoms with E-state index in [1.165, 1.54) is 28.4 Å². The number of anilines is 1. The molecule has 24 heavy (non-hydrogen) atoms. The van der Waals surface area contributed by atoms with E-state index in [1.54, 1.807) is 24.3 Å². The molecule has 2 aromatic rings. The minimum Gasteiger partial charge on any atom is -0.298 e. The summed E-state index contributed by atoms with van der Waals surface area (Å²) in [6, 6.07) is 8.05. The van der Waals surface area contributed by atoms with Crippen molar-refractivity contribution in [2.45, 2.75) is 0 Å². The number of nitrogens with zero attached hydrogens (tertiary/aromatic N) is 1. The average Bonchev–Trinajstić information content (AvgIpc) is 2.92. The fraction of sp³-hybridized carbons (Fsp3) is 0. The van der Waals surface area contributed by atoms with Gasteiger partial charge in [-0.25, -0.2) is 0 Å². The second kappa shape index (κ2) is 6.82. The zero-order valence-electron chi connectivity index (χ0n) is 11.7. The molecule has 0 bridgehead atoms. The minimum absolute atomic E-state index is 0.0234. The summed E-state index contributed by atoms with van der Waals surface area (Å²) in [6.07, 6.45) is 1.47. The summed E-state index contributed by atoms with van der Waals surface area (Å²) < 4.78 is 0.558.